The third-order valence-corrected chi connectivity index (χ3v) is 4.86. The Morgan fingerprint density at radius 2 is 1.41 bits per heavy atom. The monoisotopic (exact) mass is 394 g/mol. The van der Waals surface area contributed by atoms with Gasteiger partial charge in [0.1, 0.15) is 18.1 Å². The van der Waals surface area contributed by atoms with E-state index in [9.17, 15) is 0 Å². The van der Waals surface area contributed by atoms with E-state index in [0.29, 0.717) is 31.5 Å². The van der Waals surface area contributed by atoms with E-state index in [1.165, 1.54) is 0 Å². The minimum Gasteiger partial charge on any atom is -0.492 e. The Labute approximate surface area is 170 Å². The van der Waals surface area contributed by atoms with Crippen LogP contribution >= 0.6 is 0 Å². The van der Waals surface area contributed by atoms with E-state index < -0.39 is 0 Å². The summed E-state index contributed by atoms with van der Waals surface area (Å²) < 4.78 is 16.8. The van der Waals surface area contributed by atoms with Crippen LogP contribution in [0, 0.1) is 0 Å². The summed E-state index contributed by atoms with van der Waals surface area (Å²) in [7, 11) is 0. The predicted octanol–water partition coefficient (Wildman–Crippen LogP) is 2.85. The Kier molecular flexibility index (Phi) is 6.72. The van der Waals surface area contributed by atoms with Gasteiger partial charge in [-0.2, -0.15) is 4.98 Å². The summed E-state index contributed by atoms with van der Waals surface area (Å²) in [5.41, 5.74) is 0. The van der Waals surface area contributed by atoms with Gasteiger partial charge in [-0.25, -0.2) is 0 Å². The van der Waals surface area contributed by atoms with Crippen molar-refractivity contribution in [2.45, 2.75) is 13.2 Å². The topological polar surface area (TPSA) is 63.9 Å². The van der Waals surface area contributed by atoms with E-state index in [0.717, 1.165) is 44.2 Å². The maximum absolute atomic E-state index is 5.79. The zero-order chi connectivity index (χ0) is 19.7. The first-order valence-electron chi connectivity index (χ1n) is 9.97. The van der Waals surface area contributed by atoms with Crippen LogP contribution in [0.4, 0.5) is 0 Å². The van der Waals surface area contributed by atoms with E-state index in [4.69, 9.17) is 14.0 Å². The fourth-order valence-electron chi connectivity index (χ4n) is 3.25. The zero-order valence-corrected chi connectivity index (χ0v) is 16.4. The van der Waals surface area contributed by atoms with Crippen LogP contribution in [0.1, 0.15) is 11.7 Å². The number of ether oxygens (including phenoxy) is 2. The number of para-hydroxylation sites is 2. The predicted molar refractivity (Wildman–Crippen MR) is 109 cm³/mol. The summed E-state index contributed by atoms with van der Waals surface area (Å²) in [4.78, 5) is 9.20. The van der Waals surface area contributed by atoms with Crippen molar-refractivity contribution in [2.75, 3.05) is 39.3 Å². The van der Waals surface area contributed by atoms with Gasteiger partial charge in [0.25, 0.3) is 0 Å². The van der Waals surface area contributed by atoms with Crippen molar-refractivity contribution in [3.05, 3.63) is 72.4 Å². The summed E-state index contributed by atoms with van der Waals surface area (Å²) in [5.74, 6) is 2.93. The summed E-state index contributed by atoms with van der Waals surface area (Å²) in [6.07, 6.45) is 0. The maximum atomic E-state index is 5.79. The minimum atomic E-state index is 0.308. The molecule has 0 N–H and O–H groups in total. The standard InChI is InChI=1S/C22H26N4O3/c1-3-7-19(8-4-1)27-16-15-25-11-13-26(14-12-25)17-22-23-21(24-29-22)18-28-20-9-5-2-6-10-20/h1-10H,11-18H2. The Morgan fingerprint density at radius 1 is 0.793 bits per heavy atom. The molecule has 0 unspecified atom stereocenters. The lowest BCUT2D eigenvalue weighted by Crippen LogP contribution is -2.47. The van der Waals surface area contributed by atoms with Crippen LogP contribution in [0.3, 0.4) is 0 Å². The lowest BCUT2D eigenvalue weighted by atomic mass is 10.3. The number of hydrogen-bond donors (Lipinski definition) is 0. The van der Waals surface area contributed by atoms with Crippen LogP contribution in [0.25, 0.3) is 0 Å². The fraction of sp³-hybridized carbons (Fsp3) is 0.364. The molecular formula is C22H26N4O3. The number of rotatable bonds is 9. The van der Waals surface area contributed by atoms with Gasteiger partial charge < -0.3 is 14.0 Å². The lowest BCUT2D eigenvalue weighted by molar-refractivity contribution is 0.104. The highest BCUT2D eigenvalue weighted by atomic mass is 16.5. The van der Waals surface area contributed by atoms with E-state index in [-0.39, 0.29) is 0 Å². The first kappa shape index (κ1) is 19.4. The van der Waals surface area contributed by atoms with Gasteiger partial charge in [-0.1, -0.05) is 41.6 Å². The van der Waals surface area contributed by atoms with Crippen molar-refractivity contribution in [1.82, 2.24) is 19.9 Å². The van der Waals surface area contributed by atoms with E-state index >= 15 is 0 Å². The van der Waals surface area contributed by atoms with Crippen LogP contribution in [-0.2, 0) is 13.2 Å². The molecule has 1 fully saturated rings. The molecule has 0 bridgehead atoms. The Morgan fingerprint density at radius 3 is 2.10 bits per heavy atom. The quantitative estimate of drug-likeness (QED) is 0.553. The van der Waals surface area contributed by atoms with Crippen LogP contribution in [0.15, 0.2) is 65.2 Å². The number of hydrogen-bond acceptors (Lipinski definition) is 7. The Balaban J connectivity index is 1.15. The second kappa shape index (κ2) is 10.0. The molecule has 3 aromatic rings. The SMILES string of the molecule is c1ccc(OCCN2CCN(Cc3nc(COc4ccccc4)no3)CC2)cc1. The number of benzene rings is 2. The fourth-order valence-corrected chi connectivity index (χ4v) is 3.25. The number of piperazine rings is 1. The van der Waals surface area contributed by atoms with Gasteiger partial charge in [-0.3, -0.25) is 9.80 Å². The highest BCUT2D eigenvalue weighted by molar-refractivity contribution is 5.21. The highest BCUT2D eigenvalue weighted by Gasteiger charge is 2.19. The van der Waals surface area contributed by atoms with E-state index in [2.05, 4.69) is 19.9 Å². The molecule has 0 amide bonds. The molecule has 0 atom stereocenters. The largest absolute Gasteiger partial charge is 0.492 e. The molecule has 7 nitrogen and oxygen atoms in total. The van der Waals surface area contributed by atoms with E-state index in [1.807, 2.05) is 60.7 Å². The average molecular weight is 394 g/mol. The molecule has 0 spiro atoms. The normalized spacial score (nSPS) is 15.3. The van der Waals surface area contributed by atoms with Crippen molar-refractivity contribution in [3.63, 3.8) is 0 Å². The van der Waals surface area contributed by atoms with Crippen LogP contribution < -0.4 is 9.47 Å². The molecule has 0 aliphatic carbocycles. The molecule has 0 saturated carbocycles. The smallest absolute Gasteiger partial charge is 0.240 e. The molecule has 152 valence electrons. The van der Waals surface area contributed by atoms with Crippen LogP contribution in [0.2, 0.25) is 0 Å². The first-order chi connectivity index (χ1) is 14.3. The molecule has 7 heteroatoms. The Bertz CT molecular complexity index is 849. The third kappa shape index (κ3) is 6.04. The maximum Gasteiger partial charge on any atom is 0.240 e. The van der Waals surface area contributed by atoms with Crippen LogP contribution in [0.5, 0.6) is 11.5 Å². The van der Waals surface area contributed by atoms with E-state index in [1.54, 1.807) is 0 Å². The van der Waals surface area contributed by atoms with Gasteiger partial charge in [0.2, 0.25) is 11.7 Å². The molecule has 1 aliphatic rings. The average Bonchev–Trinajstić information content (AvgIpc) is 3.22. The molecule has 4 rings (SSSR count). The molecular weight excluding hydrogens is 368 g/mol. The van der Waals surface area contributed by atoms with Gasteiger partial charge in [-0.05, 0) is 24.3 Å². The van der Waals surface area contributed by atoms with Gasteiger partial charge in [0.15, 0.2) is 6.61 Å². The van der Waals surface area contributed by atoms with Gasteiger partial charge in [0, 0.05) is 32.7 Å². The second-order valence-corrected chi connectivity index (χ2v) is 6.99. The van der Waals surface area contributed by atoms with Gasteiger partial charge >= 0.3 is 0 Å². The first-order valence-corrected chi connectivity index (χ1v) is 9.97. The van der Waals surface area contributed by atoms with Crippen molar-refractivity contribution < 1.29 is 14.0 Å². The summed E-state index contributed by atoms with van der Waals surface area (Å²) in [5, 5.41) is 4.02. The number of aromatic nitrogens is 2. The highest BCUT2D eigenvalue weighted by Crippen LogP contribution is 2.12. The third-order valence-electron chi connectivity index (χ3n) is 4.86. The molecule has 2 aromatic carbocycles. The second-order valence-electron chi connectivity index (χ2n) is 6.99. The summed E-state index contributed by atoms with van der Waals surface area (Å²) in [6.45, 7) is 6.60. The van der Waals surface area contributed by atoms with Crippen molar-refractivity contribution in [3.8, 4) is 11.5 Å². The molecule has 1 aromatic heterocycles. The number of nitrogens with zero attached hydrogens (tertiary/aromatic N) is 4. The molecule has 2 heterocycles. The minimum absolute atomic E-state index is 0.308. The van der Waals surface area contributed by atoms with Gasteiger partial charge in [-0.15, -0.1) is 0 Å². The molecule has 29 heavy (non-hydrogen) atoms. The van der Waals surface area contributed by atoms with Crippen molar-refractivity contribution in [2.24, 2.45) is 0 Å². The molecule has 0 radical (unpaired) electrons. The van der Waals surface area contributed by atoms with Crippen LogP contribution in [-0.4, -0.2) is 59.3 Å². The molecule has 1 saturated heterocycles. The van der Waals surface area contributed by atoms with Crippen molar-refractivity contribution in [1.29, 1.82) is 0 Å². The summed E-state index contributed by atoms with van der Waals surface area (Å²) in [6, 6.07) is 19.6. The zero-order valence-electron chi connectivity index (χ0n) is 16.4. The Hall–Kier alpha value is -2.90. The molecule has 1 aliphatic heterocycles. The lowest BCUT2D eigenvalue weighted by Gasteiger charge is -2.33. The summed E-state index contributed by atoms with van der Waals surface area (Å²) >= 11 is 0. The van der Waals surface area contributed by atoms with Crippen molar-refractivity contribution >= 4 is 0 Å². The van der Waals surface area contributed by atoms with Gasteiger partial charge in [0.05, 0.1) is 6.54 Å².